The zero-order valence-electron chi connectivity index (χ0n) is 11.3. The maximum atomic E-state index is 12.0. The predicted molar refractivity (Wildman–Crippen MR) is 66.1 cm³/mol. The van der Waals surface area contributed by atoms with Crippen LogP contribution < -0.4 is 0 Å². The highest BCUT2D eigenvalue weighted by Crippen LogP contribution is 2.28. The molecule has 2 fully saturated rings. The molecule has 1 aliphatic carbocycles. The number of rotatable bonds is 3. The fraction of sp³-hybridized carbons (Fsp3) is 0.923. The molecule has 0 spiro atoms. The lowest BCUT2D eigenvalue weighted by molar-refractivity contribution is -0.873. The van der Waals surface area contributed by atoms with Gasteiger partial charge in [0.05, 0.1) is 33.6 Å². The minimum Gasteiger partial charge on any atom is -0.329 e. The highest BCUT2D eigenvalue weighted by Gasteiger charge is 2.38. The molecular weight excluding hydrogens is 216 g/mol. The summed E-state index contributed by atoms with van der Waals surface area (Å²) in [5, 5.41) is 1.69. The summed E-state index contributed by atoms with van der Waals surface area (Å²) in [5.74, 6) is 0.190. The second-order valence-electron chi connectivity index (χ2n) is 6.42. The van der Waals surface area contributed by atoms with E-state index in [1.807, 2.05) is 0 Å². The molecule has 0 bridgehead atoms. The SMILES string of the molecule is C[N+](C)(C)CC1CC(=O)N(C2CCCCC2)O1. The zero-order valence-corrected chi connectivity index (χ0v) is 11.3. The molecule has 0 N–H and O–H groups in total. The van der Waals surface area contributed by atoms with Crippen LogP contribution in [0.5, 0.6) is 0 Å². The third-order valence-electron chi connectivity index (χ3n) is 3.57. The van der Waals surface area contributed by atoms with Gasteiger partial charge < -0.3 is 4.48 Å². The van der Waals surface area contributed by atoms with E-state index < -0.39 is 0 Å². The van der Waals surface area contributed by atoms with Crippen LogP contribution >= 0.6 is 0 Å². The highest BCUT2D eigenvalue weighted by molar-refractivity contribution is 5.77. The average Bonchev–Trinajstić information content (AvgIpc) is 2.58. The average molecular weight is 241 g/mol. The molecule has 1 saturated heterocycles. The van der Waals surface area contributed by atoms with E-state index in [0.717, 1.165) is 23.9 Å². The van der Waals surface area contributed by atoms with E-state index in [2.05, 4.69) is 21.1 Å². The normalized spacial score (nSPS) is 27.8. The lowest BCUT2D eigenvalue weighted by Gasteiger charge is -2.31. The van der Waals surface area contributed by atoms with Crippen molar-refractivity contribution >= 4 is 5.91 Å². The minimum absolute atomic E-state index is 0.0735. The monoisotopic (exact) mass is 241 g/mol. The second kappa shape index (κ2) is 4.94. The van der Waals surface area contributed by atoms with Crippen LogP contribution in [0.2, 0.25) is 0 Å². The van der Waals surface area contributed by atoms with Crippen LogP contribution in [0.3, 0.4) is 0 Å². The number of likely N-dealkylation sites (N-methyl/N-ethyl adjacent to an activating group) is 1. The molecule has 0 aromatic heterocycles. The molecule has 17 heavy (non-hydrogen) atoms. The molecule has 4 heteroatoms. The number of quaternary nitrogens is 1. The summed E-state index contributed by atoms with van der Waals surface area (Å²) in [5.41, 5.74) is 0. The van der Waals surface area contributed by atoms with Crippen molar-refractivity contribution in [3.63, 3.8) is 0 Å². The fourth-order valence-corrected chi connectivity index (χ4v) is 2.86. The van der Waals surface area contributed by atoms with Crippen molar-refractivity contribution in [3.8, 4) is 0 Å². The summed E-state index contributed by atoms with van der Waals surface area (Å²) in [4.78, 5) is 17.8. The van der Waals surface area contributed by atoms with Crippen molar-refractivity contribution in [2.45, 2.75) is 50.7 Å². The largest absolute Gasteiger partial charge is 0.329 e. The maximum absolute atomic E-state index is 12.0. The van der Waals surface area contributed by atoms with Gasteiger partial charge in [-0.05, 0) is 12.8 Å². The van der Waals surface area contributed by atoms with E-state index in [4.69, 9.17) is 4.84 Å². The quantitative estimate of drug-likeness (QED) is 0.702. The van der Waals surface area contributed by atoms with Crippen LogP contribution in [-0.4, -0.2) is 55.3 Å². The number of amides is 1. The Morgan fingerprint density at radius 3 is 2.47 bits per heavy atom. The van der Waals surface area contributed by atoms with E-state index in [1.54, 1.807) is 5.06 Å². The van der Waals surface area contributed by atoms with Crippen molar-refractivity contribution in [2.75, 3.05) is 27.7 Å². The molecule has 98 valence electrons. The van der Waals surface area contributed by atoms with Gasteiger partial charge in [0.1, 0.15) is 12.6 Å². The second-order valence-corrected chi connectivity index (χ2v) is 6.42. The Kier molecular flexibility index (Phi) is 3.73. The van der Waals surface area contributed by atoms with Crippen molar-refractivity contribution in [2.24, 2.45) is 0 Å². The molecule has 1 heterocycles. The third-order valence-corrected chi connectivity index (χ3v) is 3.57. The highest BCUT2D eigenvalue weighted by atomic mass is 16.7. The topological polar surface area (TPSA) is 29.5 Å². The number of carbonyl (C=O) groups is 1. The Labute approximate surface area is 104 Å². The molecule has 2 rings (SSSR count). The molecule has 4 nitrogen and oxygen atoms in total. The van der Waals surface area contributed by atoms with Gasteiger partial charge in [0.25, 0.3) is 0 Å². The molecule has 1 aliphatic heterocycles. The maximum Gasteiger partial charge on any atom is 0.249 e. The molecule has 1 saturated carbocycles. The van der Waals surface area contributed by atoms with Crippen molar-refractivity contribution < 1.29 is 14.1 Å². The van der Waals surface area contributed by atoms with Gasteiger partial charge in [-0.1, -0.05) is 19.3 Å². The smallest absolute Gasteiger partial charge is 0.249 e. The molecule has 1 amide bonds. The molecular formula is C13H25N2O2+. The first-order chi connectivity index (χ1) is 7.96. The molecule has 1 atom stereocenters. The molecule has 1 unspecified atom stereocenters. The van der Waals surface area contributed by atoms with E-state index in [0.29, 0.717) is 12.5 Å². The van der Waals surface area contributed by atoms with Crippen LogP contribution in [0.1, 0.15) is 38.5 Å². The molecule has 0 radical (unpaired) electrons. The Morgan fingerprint density at radius 2 is 1.88 bits per heavy atom. The summed E-state index contributed by atoms with van der Waals surface area (Å²) in [7, 11) is 6.41. The lowest BCUT2D eigenvalue weighted by Crippen LogP contribution is -2.42. The minimum atomic E-state index is 0.0735. The van der Waals surface area contributed by atoms with Crippen LogP contribution in [0.4, 0.5) is 0 Å². The first kappa shape index (κ1) is 12.8. The first-order valence-electron chi connectivity index (χ1n) is 6.75. The number of nitrogens with zero attached hydrogens (tertiary/aromatic N) is 2. The van der Waals surface area contributed by atoms with Gasteiger partial charge in [-0.3, -0.25) is 9.63 Å². The van der Waals surface area contributed by atoms with E-state index in [1.165, 1.54) is 19.3 Å². The summed E-state index contributed by atoms with van der Waals surface area (Å²) in [6.45, 7) is 0.898. The number of hydrogen-bond donors (Lipinski definition) is 0. The van der Waals surface area contributed by atoms with Crippen LogP contribution in [0, 0.1) is 0 Å². The first-order valence-corrected chi connectivity index (χ1v) is 6.75. The number of carbonyl (C=O) groups excluding carboxylic acids is 1. The van der Waals surface area contributed by atoms with Crippen LogP contribution in [0.25, 0.3) is 0 Å². The van der Waals surface area contributed by atoms with Gasteiger partial charge in [0.2, 0.25) is 5.91 Å². The zero-order chi connectivity index (χ0) is 12.5. The van der Waals surface area contributed by atoms with Crippen LogP contribution in [0.15, 0.2) is 0 Å². The van der Waals surface area contributed by atoms with Crippen molar-refractivity contribution in [3.05, 3.63) is 0 Å². The molecule has 2 aliphatic rings. The Balaban J connectivity index is 1.90. The fourth-order valence-electron chi connectivity index (χ4n) is 2.86. The van der Waals surface area contributed by atoms with E-state index in [-0.39, 0.29) is 12.0 Å². The van der Waals surface area contributed by atoms with Crippen molar-refractivity contribution in [1.29, 1.82) is 0 Å². The summed E-state index contributed by atoms with van der Waals surface area (Å²) in [6.07, 6.45) is 6.64. The van der Waals surface area contributed by atoms with E-state index in [9.17, 15) is 4.79 Å². The lowest BCUT2D eigenvalue weighted by atomic mass is 9.95. The summed E-state index contributed by atoms with van der Waals surface area (Å²) >= 11 is 0. The Hall–Kier alpha value is -0.610. The van der Waals surface area contributed by atoms with Gasteiger partial charge in [0, 0.05) is 0 Å². The number of hydrogen-bond acceptors (Lipinski definition) is 2. The standard InChI is InChI=1S/C13H25N2O2/c1-15(2,3)10-12-9-13(16)14(17-12)11-7-5-4-6-8-11/h11-12H,4-10H2,1-3H3/q+1. The van der Waals surface area contributed by atoms with E-state index >= 15 is 0 Å². The predicted octanol–water partition coefficient (Wildman–Crippen LogP) is 1.56. The summed E-state index contributed by atoms with van der Waals surface area (Å²) in [6, 6.07) is 0.341. The summed E-state index contributed by atoms with van der Waals surface area (Å²) < 4.78 is 0.844. The van der Waals surface area contributed by atoms with Crippen molar-refractivity contribution in [1.82, 2.24) is 5.06 Å². The van der Waals surface area contributed by atoms with Gasteiger partial charge in [-0.25, -0.2) is 5.06 Å². The van der Waals surface area contributed by atoms with Crippen LogP contribution in [-0.2, 0) is 9.63 Å². The third kappa shape index (κ3) is 3.42. The number of hydroxylamine groups is 2. The van der Waals surface area contributed by atoms with Gasteiger partial charge in [-0.15, -0.1) is 0 Å². The Bertz CT molecular complexity index is 280. The Morgan fingerprint density at radius 1 is 1.24 bits per heavy atom. The van der Waals surface area contributed by atoms with Gasteiger partial charge in [0.15, 0.2) is 0 Å². The van der Waals surface area contributed by atoms with Gasteiger partial charge in [-0.2, -0.15) is 0 Å². The molecule has 0 aromatic rings. The van der Waals surface area contributed by atoms with Gasteiger partial charge >= 0.3 is 0 Å². The molecule has 0 aromatic carbocycles.